The van der Waals surface area contributed by atoms with Crippen molar-refractivity contribution in [2.75, 3.05) is 7.11 Å². The number of fused-ring (bicyclic) bond motifs is 2. The van der Waals surface area contributed by atoms with E-state index < -0.39 is 12.9 Å². The maximum atomic E-state index is 7.02. The van der Waals surface area contributed by atoms with Crippen molar-refractivity contribution >= 4 is 28.8 Å². The highest BCUT2D eigenvalue weighted by Gasteiger charge is 2.56. The molecule has 0 radical (unpaired) electrons. The van der Waals surface area contributed by atoms with E-state index in [2.05, 4.69) is 90.2 Å². The van der Waals surface area contributed by atoms with Crippen LogP contribution in [0.3, 0.4) is 0 Å². The van der Waals surface area contributed by atoms with Gasteiger partial charge in [-0.3, -0.25) is 5.23 Å². The second-order valence-corrected chi connectivity index (χ2v) is 9.52. The molecule has 1 heterocycles. The molecule has 0 aromatic heterocycles. The Morgan fingerprint density at radius 1 is 0.758 bits per heavy atom. The molecule has 1 aliphatic heterocycles. The molecular weight excluding hydrogens is 405 g/mol. The second kappa shape index (κ2) is 8.60. The van der Waals surface area contributed by atoms with Gasteiger partial charge in [0.15, 0.2) is 0 Å². The van der Waals surface area contributed by atoms with Crippen LogP contribution < -0.4 is 5.23 Å². The van der Waals surface area contributed by atoms with Crippen molar-refractivity contribution in [1.29, 1.82) is 0 Å². The van der Waals surface area contributed by atoms with Gasteiger partial charge in [-0.25, -0.2) is 0 Å². The first-order valence-corrected chi connectivity index (χ1v) is 12.2. The van der Waals surface area contributed by atoms with Gasteiger partial charge in [0.1, 0.15) is 5.60 Å². The Hall–Kier alpha value is -2.66. The number of hydrogen-bond donors (Lipinski definition) is 1. The van der Waals surface area contributed by atoms with Gasteiger partial charge >= 0.3 is 7.25 Å². The van der Waals surface area contributed by atoms with E-state index in [-0.39, 0.29) is 6.04 Å². The first kappa shape index (κ1) is 20.9. The topological polar surface area (TPSA) is 30.5 Å². The summed E-state index contributed by atoms with van der Waals surface area (Å²) in [7, 11) is 1.28. The lowest BCUT2D eigenvalue weighted by atomic mass is 9.69. The monoisotopic (exact) mass is 435 g/mol. The molecule has 1 saturated carbocycles. The summed E-state index contributed by atoms with van der Waals surface area (Å²) >= 11 is 0. The van der Waals surface area contributed by atoms with Gasteiger partial charge in [0.05, 0.1) is 0 Å². The van der Waals surface area contributed by atoms with E-state index in [9.17, 15) is 0 Å². The third kappa shape index (κ3) is 3.40. The van der Waals surface area contributed by atoms with E-state index in [1.165, 1.54) is 64.8 Å². The zero-order valence-corrected chi connectivity index (χ0v) is 19.2. The molecule has 3 nitrogen and oxygen atoms in total. The predicted molar refractivity (Wildman–Crippen MR) is 136 cm³/mol. The maximum Gasteiger partial charge on any atom is 0.555 e. The lowest BCUT2D eigenvalue weighted by Gasteiger charge is -2.42. The highest BCUT2D eigenvalue weighted by molar-refractivity contribution is 6.42. The average molecular weight is 435 g/mol. The number of benzene rings is 4. The zero-order valence-electron chi connectivity index (χ0n) is 19.2. The summed E-state index contributed by atoms with van der Waals surface area (Å²) in [4.78, 5) is 0. The average Bonchev–Trinajstić information content (AvgIpc) is 3.29. The van der Waals surface area contributed by atoms with E-state index >= 15 is 0 Å². The molecule has 0 amide bonds. The molecule has 1 atom stereocenters. The van der Waals surface area contributed by atoms with Crippen molar-refractivity contribution in [3.63, 3.8) is 0 Å². The van der Waals surface area contributed by atoms with Gasteiger partial charge in [-0.05, 0) is 51.4 Å². The first-order chi connectivity index (χ1) is 16.3. The number of rotatable bonds is 4. The highest BCUT2D eigenvalue weighted by Crippen LogP contribution is 2.50. The summed E-state index contributed by atoms with van der Waals surface area (Å²) in [5.41, 5.74) is 1.80. The molecule has 4 heteroatoms. The largest absolute Gasteiger partial charge is 0.555 e. The quantitative estimate of drug-likeness (QED) is 0.375. The Morgan fingerprint density at radius 2 is 1.30 bits per heavy atom. The van der Waals surface area contributed by atoms with Crippen molar-refractivity contribution < 1.29 is 9.31 Å². The van der Waals surface area contributed by atoms with Crippen molar-refractivity contribution in [2.24, 2.45) is 5.92 Å². The van der Waals surface area contributed by atoms with E-state index in [0.29, 0.717) is 5.92 Å². The molecule has 33 heavy (non-hydrogen) atoms. The lowest BCUT2D eigenvalue weighted by molar-refractivity contribution is 0.0663. The Kier molecular flexibility index (Phi) is 5.45. The summed E-state index contributed by atoms with van der Waals surface area (Å²) in [6.07, 6.45) is 6.32. The van der Waals surface area contributed by atoms with Crippen LogP contribution in [0.2, 0.25) is 0 Å². The number of nitrogens with one attached hydrogen (secondary N) is 1. The third-order valence-electron chi connectivity index (χ3n) is 7.76. The summed E-state index contributed by atoms with van der Waals surface area (Å²) in [5, 5.41) is 8.74. The molecule has 0 spiro atoms. The van der Waals surface area contributed by atoms with Crippen molar-refractivity contribution in [3.8, 4) is 0 Å². The van der Waals surface area contributed by atoms with Gasteiger partial charge in [-0.15, -0.1) is 0 Å². The number of hydrogen-bond acceptors (Lipinski definition) is 3. The third-order valence-corrected chi connectivity index (χ3v) is 7.76. The molecule has 0 bridgehead atoms. The van der Waals surface area contributed by atoms with Crippen LogP contribution >= 0.6 is 0 Å². The second-order valence-electron chi connectivity index (χ2n) is 9.52. The predicted octanol–water partition coefficient (Wildman–Crippen LogP) is 6.44. The van der Waals surface area contributed by atoms with Crippen LogP contribution in [0.4, 0.5) is 0 Å². The molecule has 1 unspecified atom stereocenters. The molecule has 2 aliphatic rings. The van der Waals surface area contributed by atoms with E-state index in [1.807, 2.05) is 0 Å². The molecule has 6 rings (SSSR count). The SMILES string of the molecule is COB1NC(C2CCCCC2)C(c2cccc3ccccc23)(c2cccc3ccccc23)O1. The van der Waals surface area contributed by atoms with Crippen LogP contribution in [-0.2, 0) is 14.9 Å². The van der Waals surface area contributed by atoms with E-state index in [1.54, 1.807) is 7.11 Å². The minimum absolute atomic E-state index is 0.124. The normalized spacial score (nSPS) is 21.1. The van der Waals surface area contributed by atoms with Crippen molar-refractivity contribution in [2.45, 2.75) is 43.7 Å². The Balaban J connectivity index is 1.68. The van der Waals surface area contributed by atoms with E-state index in [0.717, 1.165) is 0 Å². The minimum Gasteiger partial charge on any atom is -0.400 e. The van der Waals surface area contributed by atoms with Crippen LogP contribution in [0.15, 0.2) is 84.9 Å². The molecule has 1 saturated heterocycles. The molecular formula is C29H30BNO2. The summed E-state index contributed by atoms with van der Waals surface area (Å²) in [5.74, 6) is 0.525. The molecule has 1 aliphatic carbocycles. The van der Waals surface area contributed by atoms with Crippen molar-refractivity contribution in [3.05, 3.63) is 96.1 Å². The minimum atomic E-state index is -0.648. The van der Waals surface area contributed by atoms with Crippen molar-refractivity contribution in [1.82, 2.24) is 5.23 Å². The fraction of sp³-hybridized carbons (Fsp3) is 0.310. The van der Waals surface area contributed by atoms with Gasteiger partial charge in [0.2, 0.25) is 0 Å². The lowest BCUT2D eigenvalue weighted by Crippen LogP contribution is -2.48. The summed E-state index contributed by atoms with van der Waals surface area (Å²) < 4.78 is 12.8. The van der Waals surface area contributed by atoms with Crippen LogP contribution in [0.1, 0.15) is 43.2 Å². The zero-order chi connectivity index (χ0) is 22.3. The van der Waals surface area contributed by atoms with Gasteiger partial charge in [-0.2, -0.15) is 0 Å². The molecule has 4 aromatic rings. The van der Waals surface area contributed by atoms with Gasteiger partial charge in [-0.1, -0.05) is 104 Å². The highest BCUT2D eigenvalue weighted by atomic mass is 16.6. The maximum absolute atomic E-state index is 7.02. The standard InChI is InChI=1S/C29H30BNO2/c1-32-30-31-28(23-13-3-2-4-14-23)29(33-30,26-19-9-15-21-11-5-7-17-24(21)26)27-20-10-16-22-12-6-8-18-25(22)27/h5-12,15-20,23,28,31H,2-4,13-14H2,1H3. The van der Waals surface area contributed by atoms with Crippen LogP contribution in [0.25, 0.3) is 21.5 Å². The van der Waals surface area contributed by atoms with Gasteiger partial charge < -0.3 is 9.31 Å². The van der Waals surface area contributed by atoms with E-state index in [4.69, 9.17) is 9.31 Å². The van der Waals surface area contributed by atoms with Crippen LogP contribution in [0.5, 0.6) is 0 Å². The summed E-state index contributed by atoms with van der Waals surface area (Å²) in [6, 6.07) is 30.7. The molecule has 4 aromatic carbocycles. The summed E-state index contributed by atoms with van der Waals surface area (Å²) in [6.45, 7) is 0. The fourth-order valence-corrected chi connectivity index (χ4v) is 6.30. The Bertz CT molecular complexity index is 1190. The molecule has 166 valence electrons. The fourth-order valence-electron chi connectivity index (χ4n) is 6.30. The molecule has 2 fully saturated rings. The Labute approximate surface area is 196 Å². The smallest absolute Gasteiger partial charge is 0.400 e. The van der Waals surface area contributed by atoms with Gasteiger partial charge in [0.25, 0.3) is 0 Å². The molecule has 1 N–H and O–H groups in total. The Morgan fingerprint density at radius 3 is 1.88 bits per heavy atom. The van der Waals surface area contributed by atoms with Crippen LogP contribution in [-0.4, -0.2) is 20.4 Å². The van der Waals surface area contributed by atoms with Gasteiger partial charge in [0, 0.05) is 13.2 Å². The van der Waals surface area contributed by atoms with Crippen LogP contribution in [0, 0.1) is 5.92 Å². The first-order valence-electron chi connectivity index (χ1n) is 12.2.